The minimum atomic E-state index is -0.348. The Balaban J connectivity index is 2.25. The molecule has 0 aliphatic carbocycles. The summed E-state index contributed by atoms with van der Waals surface area (Å²) in [5.41, 5.74) is 0.435. The molecule has 1 heterocycles. The van der Waals surface area contributed by atoms with E-state index in [0.29, 0.717) is 25.3 Å². The largest absolute Gasteiger partial charge is 0.463 e. The predicted molar refractivity (Wildman–Crippen MR) is 66.8 cm³/mol. The Bertz CT molecular complexity index is 376. The highest BCUT2D eigenvalue weighted by Crippen LogP contribution is 2.20. The number of carbonyl (C=O) groups is 1. The van der Waals surface area contributed by atoms with Crippen LogP contribution in [0.3, 0.4) is 0 Å². The van der Waals surface area contributed by atoms with Gasteiger partial charge in [-0.2, -0.15) is 0 Å². The van der Waals surface area contributed by atoms with Crippen LogP contribution in [0.2, 0.25) is 4.34 Å². The second-order valence-electron chi connectivity index (χ2n) is 3.13. The van der Waals surface area contributed by atoms with E-state index < -0.39 is 0 Å². The summed E-state index contributed by atoms with van der Waals surface area (Å²) in [4.78, 5) is 12.3. The molecule has 0 bridgehead atoms. The van der Waals surface area contributed by atoms with Crippen molar-refractivity contribution in [3.8, 4) is 0 Å². The van der Waals surface area contributed by atoms with Crippen molar-refractivity contribution in [2.75, 3.05) is 13.2 Å². The SMILES string of the molecule is C=C(CNCc1ccc(Cl)s1)C(=O)OCC. The molecule has 0 atom stereocenters. The van der Waals surface area contributed by atoms with Crippen LogP contribution in [0.1, 0.15) is 11.8 Å². The molecule has 16 heavy (non-hydrogen) atoms. The van der Waals surface area contributed by atoms with E-state index >= 15 is 0 Å². The first kappa shape index (κ1) is 13.2. The van der Waals surface area contributed by atoms with Gasteiger partial charge in [-0.25, -0.2) is 4.79 Å². The van der Waals surface area contributed by atoms with E-state index in [1.807, 2.05) is 12.1 Å². The van der Waals surface area contributed by atoms with Crippen LogP contribution in [0.4, 0.5) is 0 Å². The van der Waals surface area contributed by atoms with E-state index in [2.05, 4.69) is 11.9 Å². The number of rotatable bonds is 6. The van der Waals surface area contributed by atoms with Gasteiger partial charge in [-0.3, -0.25) is 0 Å². The molecule has 1 rings (SSSR count). The van der Waals surface area contributed by atoms with Gasteiger partial charge in [0.15, 0.2) is 0 Å². The number of esters is 1. The maximum absolute atomic E-state index is 11.2. The van der Waals surface area contributed by atoms with Crippen molar-refractivity contribution in [3.05, 3.63) is 33.5 Å². The molecule has 88 valence electrons. The average Bonchev–Trinajstić information content (AvgIpc) is 2.64. The first-order valence-electron chi connectivity index (χ1n) is 4.93. The van der Waals surface area contributed by atoms with Gasteiger partial charge in [0.2, 0.25) is 0 Å². The van der Waals surface area contributed by atoms with E-state index in [1.54, 1.807) is 6.92 Å². The van der Waals surface area contributed by atoms with Crippen molar-refractivity contribution < 1.29 is 9.53 Å². The fourth-order valence-corrected chi connectivity index (χ4v) is 2.15. The Hall–Kier alpha value is -0.840. The Morgan fingerprint density at radius 1 is 1.62 bits per heavy atom. The van der Waals surface area contributed by atoms with E-state index in [-0.39, 0.29) is 5.97 Å². The molecule has 0 unspecified atom stereocenters. The van der Waals surface area contributed by atoms with Crippen molar-refractivity contribution >= 4 is 28.9 Å². The Kier molecular flexibility index (Phi) is 5.52. The lowest BCUT2D eigenvalue weighted by Crippen LogP contribution is -2.21. The first-order chi connectivity index (χ1) is 7.63. The summed E-state index contributed by atoms with van der Waals surface area (Å²) in [6, 6.07) is 3.80. The topological polar surface area (TPSA) is 38.3 Å². The monoisotopic (exact) mass is 259 g/mol. The maximum atomic E-state index is 11.2. The van der Waals surface area contributed by atoms with E-state index in [1.165, 1.54) is 11.3 Å². The molecule has 1 aromatic heterocycles. The second-order valence-corrected chi connectivity index (χ2v) is 4.93. The highest BCUT2D eigenvalue weighted by molar-refractivity contribution is 7.16. The summed E-state index contributed by atoms with van der Waals surface area (Å²) in [7, 11) is 0. The number of thiophene rings is 1. The van der Waals surface area contributed by atoms with Crippen molar-refractivity contribution in [1.82, 2.24) is 5.32 Å². The molecule has 0 aliphatic heterocycles. The van der Waals surface area contributed by atoms with Crippen LogP contribution in [0.5, 0.6) is 0 Å². The molecule has 1 N–H and O–H groups in total. The predicted octanol–water partition coefficient (Wildman–Crippen LogP) is 2.61. The molecular weight excluding hydrogens is 246 g/mol. The Labute approximate surface area is 104 Å². The standard InChI is InChI=1S/C11H14ClNO2S/c1-3-15-11(14)8(2)6-13-7-9-4-5-10(12)16-9/h4-5,13H,2-3,6-7H2,1H3. The molecule has 0 saturated heterocycles. The molecule has 0 saturated carbocycles. The zero-order valence-corrected chi connectivity index (χ0v) is 10.7. The number of halogens is 1. The second kappa shape index (κ2) is 6.68. The van der Waals surface area contributed by atoms with Gasteiger partial charge in [0.25, 0.3) is 0 Å². The van der Waals surface area contributed by atoms with Gasteiger partial charge >= 0.3 is 5.97 Å². The van der Waals surface area contributed by atoms with Crippen molar-refractivity contribution in [1.29, 1.82) is 0 Å². The van der Waals surface area contributed by atoms with Crippen LogP contribution in [-0.2, 0) is 16.1 Å². The number of ether oxygens (including phenoxy) is 1. The average molecular weight is 260 g/mol. The third-order valence-corrected chi connectivity index (χ3v) is 3.06. The lowest BCUT2D eigenvalue weighted by Gasteiger charge is -2.05. The van der Waals surface area contributed by atoms with Crippen LogP contribution in [0.15, 0.2) is 24.3 Å². The fraction of sp³-hybridized carbons (Fsp3) is 0.364. The zero-order valence-electron chi connectivity index (χ0n) is 9.09. The summed E-state index contributed by atoms with van der Waals surface area (Å²) in [5.74, 6) is -0.348. The molecule has 0 aliphatic rings. The smallest absolute Gasteiger partial charge is 0.334 e. The van der Waals surface area contributed by atoms with E-state index in [9.17, 15) is 4.79 Å². The Morgan fingerprint density at radius 3 is 2.94 bits per heavy atom. The summed E-state index contributed by atoms with van der Waals surface area (Å²) >= 11 is 7.31. The lowest BCUT2D eigenvalue weighted by atomic mass is 10.3. The molecule has 1 aromatic rings. The Morgan fingerprint density at radius 2 is 2.38 bits per heavy atom. The molecule has 0 aromatic carbocycles. The molecule has 5 heteroatoms. The highest BCUT2D eigenvalue weighted by atomic mass is 35.5. The fourth-order valence-electron chi connectivity index (χ4n) is 1.09. The summed E-state index contributed by atoms with van der Waals surface area (Å²) in [5, 5.41) is 3.11. The van der Waals surface area contributed by atoms with E-state index in [0.717, 1.165) is 9.21 Å². The minimum absolute atomic E-state index is 0.348. The van der Waals surface area contributed by atoms with Crippen molar-refractivity contribution in [3.63, 3.8) is 0 Å². The number of hydrogen-bond donors (Lipinski definition) is 1. The molecular formula is C11H14ClNO2S. The van der Waals surface area contributed by atoms with Gasteiger partial charge < -0.3 is 10.1 Å². The summed E-state index contributed by atoms with van der Waals surface area (Å²) < 4.78 is 5.58. The van der Waals surface area contributed by atoms with Crippen LogP contribution in [0.25, 0.3) is 0 Å². The van der Waals surface area contributed by atoms with Crippen LogP contribution in [0, 0.1) is 0 Å². The normalized spacial score (nSPS) is 10.1. The van der Waals surface area contributed by atoms with Crippen LogP contribution in [-0.4, -0.2) is 19.1 Å². The van der Waals surface area contributed by atoms with E-state index in [4.69, 9.17) is 16.3 Å². The third-order valence-electron chi connectivity index (χ3n) is 1.83. The minimum Gasteiger partial charge on any atom is -0.463 e. The van der Waals surface area contributed by atoms with Crippen LogP contribution >= 0.6 is 22.9 Å². The molecule has 0 spiro atoms. The van der Waals surface area contributed by atoms with Gasteiger partial charge in [0.05, 0.1) is 10.9 Å². The number of nitrogens with one attached hydrogen (secondary N) is 1. The molecule has 0 fully saturated rings. The maximum Gasteiger partial charge on any atom is 0.334 e. The van der Waals surface area contributed by atoms with Gasteiger partial charge in [-0.1, -0.05) is 18.2 Å². The quantitative estimate of drug-likeness (QED) is 0.630. The third kappa shape index (κ3) is 4.35. The van der Waals surface area contributed by atoms with Crippen molar-refractivity contribution in [2.24, 2.45) is 0 Å². The number of carbonyl (C=O) groups excluding carboxylic acids is 1. The van der Waals surface area contributed by atoms with Gasteiger partial charge in [0.1, 0.15) is 0 Å². The molecule has 0 radical (unpaired) electrons. The van der Waals surface area contributed by atoms with Gasteiger partial charge in [-0.05, 0) is 19.1 Å². The summed E-state index contributed by atoms with van der Waals surface area (Å²) in [6.07, 6.45) is 0. The lowest BCUT2D eigenvalue weighted by molar-refractivity contribution is -0.138. The molecule has 0 amide bonds. The highest BCUT2D eigenvalue weighted by Gasteiger charge is 2.06. The van der Waals surface area contributed by atoms with Gasteiger partial charge in [0, 0.05) is 23.5 Å². The van der Waals surface area contributed by atoms with Crippen LogP contribution < -0.4 is 5.32 Å². The number of hydrogen-bond acceptors (Lipinski definition) is 4. The van der Waals surface area contributed by atoms with Gasteiger partial charge in [-0.15, -0.1) is 11.3 Å². The zero-order chi connectivity index (χ0) is 12.0. The van der Waals surface area contributed by atoms with Crippen molar-refractivity contribution in [2.45, 2.75) is 13.5 Å². The first-order valence-corrected chi connectivity index (χ1v) is 6.12. The summed E-state index contributed by atoms with van der Waals surface area (Å²) in [6.45, 7) is 6.89. The molecule has 3 nitrogen and oxygen atoms in total.